The van der Waals surface area contributed by atoms with Crippen LogP contribution in [0.3, 0.4) is 0 Å². The Balaban J connectivity index is 1.64. The van der Waals surface area contributed by atoms with Gasteiger partial charge < -0.3 is 15.7 Å². The molecule has 4 N–H and O–H groups in total. The summed E-state index contributed by atoms with van der Waals surface area (Å²) in [5.74, 6) is -2.47. The van der Waals surface area contributed by atoms with Gasteiger partial charge >= 0.3 is 11.8 Å². The lowest BCUT2D eigenvalue weighted by Crippen LogP contribution is -2.33. The molecular formula is C22H18N4O4. The number of hydrogen-bond acceptors (Lipinski definition) is 5. The number of aromatic hydroxyl groups is 1. The fraction of sp³-hybridized carbons (Fsp3) is 0. The highest BCUT2D eigenvalue weighted by molar-refractivity contribution is 6.40. The molecule has 150 valence electrons. The standard InChI is InChI=1S/C22H18N4O4/c27-19-13-7-4-8-15(19)14-23-26-22(30)21(29)25-18-12-6-5-11-17(18)20(28)24-16-9-2-1-3-10-16/h1-14,27H,(H,24,28)(H,25,29)(H,26,30)/b23-14+. The third-order valence-electron chi connectivity index (χ3n) is 3.96. The Bertz CT molecular complexity index is 1100. The van der Waals surface area contributed by atoms with Crippen molar-refractivity contribution in [2.75, 3.05) is 10.6 Å². The SMILES string of the molecule is O=C(N/N=C/c1ccccc1O)C(=O)Nc1ccccc1C(=O)Nc1ccccc1. The Morgan fingerprint density at radius 1 is 0.767 bits per heavy atom. The zero-order valence-corrected chi connectivity index (χ0v) is 15.7. The van der Waals surface area contributed by atoms with Gasteiger partial charge in [-0.1, -0.05) is 42.5 Å². The van der Waals surface area contributed by atoms with Gasteiger partial charge in [-0.3, -0.25) is 14.4 Å². The smallest absolute Gasteiger partial charge is 0.329 e. The quantitative estimate of drug-likeness (QED) is 0.298. The van der Waals surface area contributed by atoms with Crippen LogP contribution in [0.15, 0.2) is 84.0 Å². The van der Waals surface area contributed by atoms with Crippen molar-refractivity contribution in [3.63, 3.8) is 0 Å². The number of carbonyl (C=O) groups is 3. The van der Waals surface area contributed by atoms with E-state index in [1.807, 2.05) is 6.07 Å². The second kappa shape index (κ2) is 9.65. The first-order chi connectivity index (χ1) is 14.5. The molecule has 30 heavy (non-hydrogen) atoms. The lowest BCUT2D eigenvalue weighted by molar-refractivity contribution is -0.136. The van der Waals surface area contributed by atoms with Gasteiger partial charge in [0, 0.05) is 11.3 Å². The van der Waals surface area contributed by atoms with Crippen molar-refractivity contribution in [2.45, 2.75) is 0 Å². The van der Waals surface area contributed by atoms with Gasteiger partial charge in [0.05, 0.1) is 17.5 Å². The van der Waals surface area contributed by atoms with Crippen molar-refractivity contribution < 1.29 is 19.5 Å². The van der Waals surface area contributed by atoms with Crippen molar-refractivity contribution >= 4 is 35.3 Å². The monoisotopic (exact) mass is 402 g/mol. The summed E-state index contributed by atoms with van der Waals surface area (Å²) < 4.78 is 0. The first-order valence-corrected chi connectivity index (χ1v) is 8.92. The van der Waals surface area contributed by atoms with Gasteiger partial charge in [0.2, 0.25) is 0 Å². The van der Waals surface area contributed by atoms with E-state index in [0.717, 1.165) is 0 Å². The van der Waals surface area contributed by atoms with E-state index < -0.39 is 17.7 Å². The van der Waals surface area contributed by atoms with E-state index in [9.17, 15) is 19.5 Å². The zero-order chi connectivity index (χ0) is 21.3. The van der Waals surface area contributed by atoms with Gasteiger partial charge in [0.15, 0.2) is 0 Å². The normalized spacial score (nSPS) is 10.4. The minimum atomic E-state index is -1.03. The van der Waals surface area contributed by atoms with E-state index in [-0.39, 0.29) is 17.0 Å². The molecule has 0 atom stereocenters. The molecule has 0 saturated heterocycles. The summed E-state index contributed by atoms with van der Waals surface area (Å²) in [6.45, 7) is 0. The minimum Gasteiger partial charge on any atom is -0.507 e. The molecule has 0 aliphatic carbocycles. The lowest BCUT2D eigenvalue weighted by atomic mass is 10.1. The van der Waals surface area contributed by atoms with E-state index in [2.05, 4.69) is 21.2 Å². The second-order valence-electron chi connectivity index (χ2n) is 6.08. The van der Waals surface area contributed by atoms with Crippen molar-refractivity contribution in [3.8, 4) is 5.75 Å². The second-order valence-corrected chi connectivity index (χ2v) is 6.08. The maximum Gasteiger partial charge on any atom is 0.329 e. The minimum absolute atomic E-state index is 0.0155. The summed E-state index contributed by atoms with van der Waals surface area (Å²) >= 11 is 0. The summed E-state index contributed by atoms with van der Waals surface area (Å²) in [6, 6.07) is 21.5. The van der Waals surface area contributed by atoms with E-state index >= 15 is 0 Å². The largest absolute Gasteiger partial charge is 0.507 e. The Morgan fingerprint density at radius 2 is 1.43 bits per heavy atom. The molecule has 3 amide bonds. The molecule has 0 spiro atoms. The van der Waals surface area contributed by atoms with Crippen molar-refractivity contribution in [1.82, 2.24) is 5.43 Å². The molecule has 3 aromatic carbocycles. The van der Waals surface area contributed by atoms with Gasteiger partial charge in [-0.15, -0.1) is 0 Å². The summed E-state index contributed by atoms with van der Waals surface area (Å²) in [6.07, 6.45) is 1.21. The lowest BCUT2D eigenvalue weighted by Gasteiger charge is -2.11. The number of hydrogen-bond donors (Lipinski definition) is 4. The highest BCUT2D eigenvalue weighted by atomic mass is 16.3. The summed E-state index contributed by atoms with van der Waals surface area (Å²) in [7, 11) is 0. The van der Waals surface area contributed by atoms with Crippen LogP contribution in [0.4, 0.5) is 11.4 Å². The molecule has 0 fully saturated rings. The number of benzene rings is 3. The highest BCUT2D eigenvalue weighted by Crippen LogP contribution is 2.17. The predicted molar refractivity (Wildman–Crippen MR) is 113 cm³/mol. The van der Waals surface area contributed by atoms with Crippen molar-refractivity contribution in [3.05, 3.63) is 90.0 Å². The molecule has 3 aromatic rings. The van der Waals surface area contributed by atoms with Gasteiger partial charge in [-0.25, -0.2) is 5.43 Å². The van der Waals surface area contributed by atoms with E-state index in [4.69, 9.17) is 0 Å². The average Bonchev–Trinajstić information content (AvgIpc) is 2.76. The van der Waals surface area contributed by atoms with Gasteiger partial charge in [0.1, 0.15) is 5.75 Å². The Hall–Kier alpha value is -4.46. The molecule has 0 aliphatic heterocycles. The number of para-hydroxylation sites is 3. The number of amides is 3. The van der Waals surface area contributed by atoms with Crippen LogP contribution >= 0.6 is 0 Å². The topological polar surface area (TPSA) is 120 Å². The van der Waals surface area contributed by atoms with Crippen LogP contribution in [0.25, 0.3) is 0 Å². The first-order valence-electron chi connectivity index (χ1n) is 8.92. The number of phenolic OH excluding ortho intramolecular Hbond substituents is 1. The fourth-order valence-electron chi connectivity index (χ4n) is 2.50. The summed E-state index contributed by atoms with van der Waals surface area (Å²) in [5.41, 5.74) is 3.42. The molecule has 0 bridgehead atoms. The molecule has 0 saturated carbocycles. The summed E-state index contributed by atoms with van der Waals surface area (Å²) in [4.78, 5) is 36.7. The third kappa shape index (κ3) is 5.29. The number of rotatable bonds is 5. The van der Waals surface area contributed by atoms with Crippen LogP contribution < -0.4 is 16.1 Å². The van der Waals surface area contributed by atoms with Crippen LogP contribution in [-0.2, 0) is 9.59 Å². The van der Waals surface area contributed by atoms with E-state index in [1.165, 1.54) is 24.4 Å². The molecule has 0 aliphatic rings. The molecule has 8 heteroatoms. The van der Waals surface area contributed by atoms with Crippen LogP contribution in [0, 0.1) is 0 Å². The Kier molecular flexibility index (Phi) is 6.52. The van der Waals surface area contributed by atoms with Crippen molar-refractivity contribution in [1.29, 1.82) is 0 Å². The molecule has 0 aromatic heterocycles. The molecule has 0 radical (unpaired) electrons. The van der Waals surface area contributed by atoms with Gasteiger partial charge in [-0.05, 0) is 36.4 Å². The average molecular weight is 402 g/mol. The molecule has 0 heterocycles. The molecule has 3 rings (SSSR count). The van der Waals surface area contributed by atoms with Crippen LogP contribution in [-0.4, -0.2) is 29.0 Å². The summed E-state index contributed by atoms with van der Waals surface area (Å²) in [5, 5.41) is 18.4. The molecular weight excluding hydrogens is 384 g/mol. The number of phenols is 1. The van der Waals surface area contributed by atoms with Crippen LogP contribution in [0.1, 0.15) is 15.9 Å². The number of carbonyl (C=O) groups excluding carboxylic acids is 3. The Labute approximate surface area is 172 Å². The zero-order valence-electron chi connectivity index (χ0n) is 15.7. The third-order valence-corrected chi connectivity index (χ3v) is 3.96. The maximum absolute atomic E-state index is 12.5. The number of nitrogens with zero attached hydrogens (tertiary/aromatic N) is 1. The van der Waals surface area contributed by atoms with Gasteiger partial charge in [-0.2, -0.15) is 5.10 Å². The van der Waals surface area contributed by atoms with E-state index in [1.54, 1.807) is 54.6 Å². The Morgan fingerprint density at radius 3 is 2.20 bits per heavy atom. The maximum atomic E-state index is 12.5. The first kappa shape index (κ1) is 20.3. The van der Waals surface area contributed by atoms with Gasteiger partial charge in [0.25, 0.3) is 5.91 Å². The molecule has 8 nitrogen and oxygen atoms in total. The highest BCUT2D eigenvalue weighted by Gasteiger charge is 2.17. The number of hydrazone groups is 1. The van der Waals surface area contributed by atoms with Crippen LogP contribution in [0.2, 0.25) is 0 Å². The predicted octanol–water partition coefficient (Wildman–Crippen LogP) is 2.73. The number of nitrogens with one attached hydrogen (secondary N) is 3. The van der Waals surface area contributed by atoms with E-state index in [0.29, 0.717) is 11.3 Å². The molecule has 0 unspecified atom stereocenters. The fourth-order valence-corrected chi connectivity index (χ4v) is 2.50. The van der Waals surface area contributed by atoms with Crippen molar-refractivity contribution in [2.24, 2.45) is 5.10 Å². The number of anilines is 2. The van der Waals surface area contributed by atoms with Crippen LogP contribution in [0.5, 0.6) is 5.75 Å².